The summed E-state index contributed by atoms with van der Waals surface area (Å²) < 4.78 is 5.68. The first-order chi connectivity index (χ1) is 9.95. The van der Waals surface area contributed by atoms with Gasteiger partial charge < -0.3 is 4.74 Å². The first-order valence-electron chi connectivity index (χ1n) is 7.31. The van der Waals surface area contributed by atoms with Crippen molar-refractivity contribution in [3.05, 3.63) is 60.7 Å². The van der Waals surface area contributed by atoms with E-state index >= 15 is 0 Å². The van der Waals surface area contributed by atoms with E-state index < -0.39 is 0 Å². The predicted octanol–water partition coefficient (Wildman–Crippen LogP) is 5.42. The molecule has 106 valence electrons. The molecule has 0 unspecified atom stereocenters. The highest BCUT2D eigenvalue weighted by Crippen LogP contribution is 2.19. The highest BCUT2D eigenvalue weighted by atomic mass is 32.2. The second kappa shape index (κ2) is 9.49. The summed E-state index contributed by atoms with van der Waals surface area (Å²) in [6.45, 7) is 0.829. The molecule has 0 aliphatic carbocycles. The minimum atomic E-state index is 0.829. The summed E-state index contributed by atoms with van der Waals surface area (Å²) in [5.41, 5.74) is 0. The van der Waals surface area contributed by atoms with Gasteiger partial charge in [0.05, 0.1) is 6.61 Å². The third kappa shape index (κ3) is 6.16. The predicted molar refractivity (Wildman–Crippen MR) is 87.6 cm³/mol. The van der Waals surface area contributed by atoms with E-state index in [9.17, 15) is 0 Å². The van der Waals surface area contributed by atoms with Gasteiger partial charge in [-0.3, -0.25) is 0 Å². The van der Waals surface area contributed by atoms with Crippen LogP contribution in [0.4, 0.5) is 0 Å². The van der Waals surface area contributed by atoms with Gasteiger partial charge in [-0.1, -0.05) is 49.2 Å². The minimum absolute atomic E-state index is 0.829. The molecule has 0 atom stereocenters. The SMILES string of the molecule is c1ccc(OCCCCCCSc2ccccc2)cc1. The fourth-order valence-electron chi connectivity index (χ4n) is 1.97. The Kier molecular flexibility index (Phi) is 7.11. The minimum Gasteiger partial charge on any atom is -0.494 e. The van der Waals surface area contributed by atoms with Gasteiger partial charge in [0.15, 0.2) is 0 Å². The quantitative estimate of drug-likeness (QED) is 0.450. The number of hydrogen-bond donors (Lipinski definition) is 0. The molecule has 0 heterocycles. The highest BCUT2D eigenvalue weighted by Gasteiger charge is 1.95. The summed E-state index contributed by atoms with van der Waals surface area (Å²) in [6, 6.07) is 20.7. The highest BCUT2D eigenvalue weighted by molar-refractivity contribution is 7.99. The van der Waals surface area contributed by atoms with Gasteiger partial charge in [-0.25, -0.2) is 0 Å². The molecular weight excluding hydrogens is 264 g/mol. The first kappa shape index (κ1) is 15.0. The third-order valence-electron chi connectivity index (χ3n) is 3.06. The maximum absolute atomic E-state index is 5.68. The Hall–Kier alpha value is -1.41. The van der Waals surface area contributed by atoms with Crippen LogP contribution in [0.5, 0.6) is 5.75 Å². The Labute approximate surface area is 126 Å². The van der Waals surface area contributed by atoms with Gasteiger partial charge in [0.1, 0.15) is 5.75 Å². The molecule has 0 saturated heterocycles. The van der Waals surface area contributed by atoms with Crippen LogP contribution in [0.3, 0.4) is 0 Å². The van der Waals surface area contributed by atoms with Gasteiger partial charge in [0.2, 0.25) is 0 Å². The van der Waals surface area contributed by atoms with Crippen LogP contribution in [0, 0.1) is 0 Å². The zero-order valence-electron chi connectivity index (χ0n) is 11.8. The van der Waals surface area contributed by atoms with Crippen molar-refractivity contribution in [1.82, 2.24) is 0 Å². The summed E-state index contributed by atoms with van der Waals surface area (Å²) in [6.07, 6.45) is 4.97. The van der Waals surface area contributed by atoms with E-state index in [2.05, 4.69) is 30.3 Å². The van der Waals surface area contributed by atoms with Crippen molar-refractivity contribution >= 4 is 11.8 Å². The Morgan fingerprint density at radius 1 is 0.700 bits per heavy atom. The Balaban J connectivity index is 1.44. The number of thioether (sulfide) groups is 1. The van der Waals surface area contributed by atoms with Crippen LogP contribution in [0.2, 0.25) is 0 Å². The van der Waals surface area contributed by atoms with E-state index in [4.69, 9.17) is 4.74 Å². The zero-order chi connectivity index (χ0) is 13.9. The standard InChI is InChI=1S/C18H22OS/c1(9-15-19-17-11-5-3-6-12-17)2-10-16-20-18-13-7-4-8-14-18/h3-8,11-14H,1-2,9-10,15-16H2. The molecule has 2 aromatic rings. The fourth-order valence-corrected chi connectivity index (χ4v) is 2.90. The van der Waals surface area contributed by atoms with E-state index in [0.29, 0.717) is 0 Å². The molecule has 1 nitrogen and oxygen atoms in total. The number of para-hydroxylation sites is 1. The molecule has 0 bridgehead atoms. The van der Waals surface area contributed by atoms with Crippen LogP contribution in [-0.4, -0.2) is 12.4 Å². The molecule has 0 aliphatic heterocycles. The fraction of sp³-hybridized carbons (Fsp3) is 0.333. The molecular formula is C18H22OS. The number of hydrogen-bond acceptors (Lipinski definition) is 2. The lowest BCUT2D eigenvalue weighted by molar-refractivity contribution is 0.305. The molecule has 20 heavy (non-hydrogen) atoms. The molecule has 2 rings (SSSR count). The molecule has 0 spiro atoms. The van der Waals surface area contributed by atoms with Gasteiger partial charge >= 0.3 is 0 Å². The number of rotatable bonds is 9. The van der Waals surface area contributed by atoms with Crippen molar-refractivity contribution in [3.8, 4) is 5.75 Å². The van der Waals surface area contributed by atoms with Crippen LogP contribution in [-0.2, 0) is 0 Å². The van der Waals surface area contributed by atoms with Gasteiger partial charge in [-0.2, -0.15) is 0 Å². The molecule has 0 amide bonds. The van der Waals surface area contributed by atoms with E-state index in [0.717, 1.165) is 18.8 Å². The second-order valence-corrected chi connectivity index (χ2v) is 5.91. The van der Waals surface area contributed by atoms with Gasteiger partial charge in [0, 0.05) is 4.90 Å². The van der Waals surface area contributed by atoms with Crippen LogP contribution < -0.4 is 4.74 Å². The van der Waals surface area contributed by atoms with Crippen molar-refractivity contribution in [2.24, 2.45) is 0 Å². The van der Waals surface area contributed by atoms with Crippen LogP contribution in [0.25, 0.3) is 0 Å². The van der Waals surface area contributed by atoms with Crippen LogP contribution >= 0.6 is 11.8 Å². The second-order valence-electron chi connectivity index (χ2n) is 4.74. The molecule has 0 aliphatic rings. The smallest absolute Gasteiger partial charge is 0.119 e. The van der Waals surface area contributed by atoms with Crippen molar-refractivity contribution in [3.63, 3.8) is 0 Å². The van der Waals surface area contributed by atoms with E-state index in [1.165, 1.54) is 29.9 Å². The van der Waals surface area contributed by atoms with Crippen LogP contribution in [0.15, 0.2) is 65.6 Å². The molecule has 0 saturated carbocycles. The number of unbranched alkanes of at least 4 members (excludes halogenated alkanes) is 3. The summed E-state index contributed by atoms with van der Waals surface area (Å²) in [7, 11) is 0. The van der Waals surface area contributed by atoms with E-state index in [1.807, 2.05) is 42.1 Å². The maximum Gasteiger partial charge on any atom is 0.119 e. The Morgan fingerprint density at radius 2 is 1.35 bits per heavy atom. The summed E-state index contributed by atoms with van der Waals surface area (Å²) in [4.78, 5) is 1.37. The summed E-state index contributed by atoms with van der Waals surface area (Å²) in [5, 5.41) is 0. The molecule has 2 aromatic carbocycles. The van der Waals surface area contributed by atoms with Crippen molar-refractivity contribution in [2.45, 2.75) is 30.6 Å². The normalized spacial score (nSPS) is 10.4. The third-order valence-corrected chi connectivity index (χ3v) is 4.16. The Morgan fingerprint density at radius 3 is 2.10 bits per heavy atom. The molecule has 0 radical (unpaired) electrons. The van der Waals surface area contributed by atoms with Gasteiger partial charge in [0.25, 0.3) is 0 Å². The maximum atomic E-state index is 5.68. The zero-order valence-corrected chi connectivity index (χ0v) is 12.6. The number of ether oxygens (including phenoxy) is 1. The molecule has 0 fully saturated rings. The largest absolute Gasteiger partial charge is 0.494 e. The Bertz CT molecular complexity index is 410. The monoisotopic (exact) mass is 286 g/mol. The lowest BCUT2D eigenvalue weighted by Crippen LogP contribution is -1.97. The van der Waals surface area contributed by atoms with Crippen molar-refractivity contribution < 1.29 is 4.74 Å². The van der Waals surface area contributed by atoms with Gasteiger partial charge in [-0.15, -0.1) is 11.8 Å². The molecule has 0 aromatic heterocycles. The lowest BCUT2D eigenvalue weighted by atomic mass is 10.2. The lowest BCUT2D eigenvalue weighted by Gasteiger charge is -2.05. The number of benzene rings is 2. The molecule has 0 N–H and O–H groups in total. The van der Waals surface area contributed by atoms with E-state index in [1.54, 1.807) is 0 Å². The molecule has 2 heteroatoms. The summed E-state index contributed by atoms with van der Waals surface area (Å²) in [5.74, 6) is 2.19. The van der Waals surface area contributed by atoms with Gasteiger partial charge in [-0.05, 0) is 42.9 Å². The van der Waals surface area contributed by atoms with E-state index in [-0.39, 0.29) is 0 Å². The van der Waals surface area contributed by atoms with Crippen LogP contribution in [0.1, 0.15) is 25.7 Å². The summed E-state index contributed by atoms with van der Waals surface area (Å²) >= 11 is 1.95. The average molecular weight is 286 g/mol. The topological polar surface area (TPSA) is 9.23 Å². The van der Waals surface area contributed by atoms with Crippen molar-refractivity contribution in [1.29, 1.82) is 0 Å². The first-order valence-corrected chi connectivity index (χ1v) is 8.29. The van der Waals surface area contributed by atoms with Crippen molar-refractivity contribution in [2.75, 3.05) is 12.4 Å². The average Bonchev–Trinajstić information content (AvgIpc) is 2.52.